The summed E-state index contributed by atoms with van der Waals surface area (Å²) in [5.74, 6) is 1.67. The molecule has 0 spiro atoms. The van der Waals surface area contributed by atoms with E-state index in [1.807, 2.05) is 0 Å². The summed E-state index contributed by atoms with van der Waals surface area (Å²) < 4.78 is 10.9. The van der Waals surface area contributed by atoms with Crippen LogP contribution in [0.15, 0.2) is 18.2 Å². The van der Waals surface area contributed by atoms with Crippen LogP contribution in [0.4, 0.5) is 0 Å². The molecule has 0 saturated carbocycles. The van der Waals surface area contributed by atoms with Crippen molar-refractivity contribution in [1.29, 1.82) is 0 Å². The largest absolute Gasteiger partial charge is 0.493 e. The summed E-state index contributed by atoms with van der Waals surface area (Å²) in [6.45, 7) is 9.73. The number of hydrogen-bond donors (Lipinski definition) is 1. The van der Waals surface area contributed by atoms with E-state index in [2.05, 4.69) is 44.3 Å². The normalized spacial score (nSPS) is 11.0. The molecule has 0 aliphatic carbocycles. The van der Waals surface area contributed by atoms with Gasteiger partial charge in [0.25, 0.3) is 0 Å². The number of rotatable bonds is 9. The maximum atomic E-state index is 5.89. The quantitative estimate of drug-likeness (QED) is 0.696. The van der Waals surface area contributed by atoms with Crippen LogP contribution in [0.1, 0.15) is 31.4 Å². The molecule has 1 rings (SSSR count). The number of aryl methyl sites for hydroxylation is 1. The lowest BCUT2D eigenvalue weighted by Gasteiger charge is -2.14. The Morgan fingerprint density at radius 2 is 2.00 bits per heavy atom. The summed E-state index contributed by atoms with van der Waals surface area (Å²) in [7, 11) is 1.72. The summed E-state index contributed by atoms with van der Waals surface area (Å²) in [5.41, 5.74) is 2.49. The zero-order valence-corrected chi connectivity index (χ0v) is 12.7. The molecule has 0 unspecified atom stereocenters. The Morgan fingerprint density at radius 3 is 2.68 bits per heavy atom. The maximum Gasteiger partial charge on any atom is 0.123 e. The minimum absolute atomic E-state index is 0.675. The Labute approximate surface area is 117 Å². The van der Waals surface area contributed by atoms with Gasteiger partial charge in [-0.2, -0.15) is 0 Å². The lowest BCUT2D eigenvalue weighted by molar-refractivity contribution is 0.199. The molecule has 1 N–H and O–H groups in total. The van der Waals surface area contributed by atoms with Crippen molar-refractivity contribution in [3.8, 4) is 5.75 Å². The van der Waals surface area contributed by atoms with Gasteiger partial charge in [0.1, 0.15) is 5.75 Å². The highest BCUT2D eigenvalue weighted by Crippen LogP contribution is 2.20. The van der Waals surface area contributed by atoms with Gasteiger partial charge in [0.2, 0.25) is 0 Å². The molecular weight excluding hydrogens is 238 g/mol. The van der Waals surface area contributed by atoms with Gasteiger partial charge >= 0.3 is 0 Å². The topological polar surface area (TPSA) is 30.5 Å². The van der Waals surface area contributed by atoms with Crippen molar-refractivity contribution in [2.75, 3.05) is 26.9 Å². The van der Waals surface area contributed by atoms with Crippen molar-refractivity contribution in [1.82, 2.24) is 5.32 Å². The van der Waals surface area contributed by atoms with Gasteiger partial charge < -0.3 is 14.8 Å². The first-order valence-corrected chi connectivity index (χ1v) is 7.05. The molecule has 3 heteroatoms. The summed E-state index contributed by atoms with van der Waals surface area (Å²) in [6, 6.07) is 6.36. The number of methoxy groups -OCH3 is 1. The average molecular weight is 265 g/mol. The minimum atomic E-state index is 0.675. The van der Waals surface area contributed by atoms with E-state index >= 15 is 0 Å². The smallest absolute Gasteiger partial charge is 0.123 e. The van der Waals surface area contributed by atoms with E-state index in [0.717, 1.165) is 38.5 Å². The number of hydrogen-bond acceptors (Lipinski definition) is 3. The van der Waals surface area contributed by atoms with E-state index in [1.165, 1.54) is 11.1 Å². The Bertz CT molecular complexity index is 364. The lowest BCUT2D eigenvalue weighted by Crippen LogP contribution is -2.19. The first-order chi connectivity index (χ1) is 9.13. The summed E-state index contributed by atoms with van der Waals surface area (Å²) in [6.07, 6.45) is 1.09. The molecule has 0 radical (unpaired) electrons. The fourth-order valence-corrected chi connectivity index (χ4v) is 1.79. The van der Waals surface area contributed by atoms with Crippen molar-refractivity contribution in [3.05, 3.63) is 29.3 Å². The van der Waals surface area contributed by atoms with Crippen molar-refractivity contribution in [3.63, 3.8) is 0 Å². The number of benzene rings is 1. The van der Waals surface area contributed by atoms with E-state index in [9.17, 15) is 0 Å². The zero-order valence-electron chi connectivity index (χ0n) is 12.7. The van der Waals surface area contributed by atoms with Crippen LogP contribution in [-0.2, 0) is 11.3 Å². The lowest BCUT2D eigenvalue weighted by atomic mass is 10.1. The van der Waals surface area contributed by atoms with Gasteiger partial charge in [-0.25, -0.2) is 0 Å². The molecule has 1 aromatic carbocycles. The van der Waals surface area contributed by atoms with Gasteiger partial charge in [-0.15, -0.1) is 0 Å². The Kier molecular flexibility index (Phi) is 7.53. The molecule has 1 aromatic rings. The summed E-state index contributed by atoms with van der Waals surface area (Å²) in [4.78, 5) is 0. The van der Waals surface area contributed by atoms with Crippen LogP contribution in [0.3, 0.4) is 0 Å². The third-order valence-electron chi connectivity index (χ3n) is 2.97. The van der Waals surface area contributed by atoms with Crippen LogP contribution in [-0.4, -0.2) is 26.9 Å². The molecule has 0 fully saturated rings. The summed E-state index contributed by atoms with van der Waals surface area (Å²) in [5, 5.41) is 3.36. The molecule has 0 aliphatic heterocycles. The predicted octanol–water partition coefficient (Wildman–Crippen LogP) is 3.16. The molecule has 0 heterocycles. The fourth-order valence-electron chi connectivity index (χ4n) is 1.79. The fraction of sp³-hybridized carbons (Fsp3) is 0.625. The van der Waals surface area contributed by atoms with Crippen molar-refractivity contribution < 1.29 is 9.47 Å². The third-order valence-corrected chi connectivity index (χ3v) is 2.97. The molecule has 3 nitrogen and oxygen atoms in total. The van der Waals surface area contributed by atoms with Crippen LogP contribution in [0.2, 0.25) is 0 Å². The molecule has 0 amide bonds. The predicted molar refractivity (Wildman–Crippen MR) is 79.7 cm³/mol. The number of ether oxygens (including phenoxy) is 2. The van der Waals surface area contributed by atoms with Crippen LogP contribution in [0, 0.1) is 12.8 Å². The van der Waals surface area contributed by atoms with E-state index in [0.29, 0.717) is 5.92 Å². The van der Waals surface area contributed by atoms with E-state index in [1.54, 1.807) is 7.11 Å². The van der Waals surface area contributed by atoms with Gasteiger partial charge in [0.05, 0.1) is 13.2 Å². The Morgan fingerprint density at radius 1 is 1.21 bits per heavy atom. The van der Waals surface area contributed by atoms with Crippen LogP contribution in [0.25, 0.3) is 0 Å². The second kappa shape index (κ2) is 8.94. The van der Waals surface area contributed by atoms with E-state index < -0.39 is 0 Å². The van der Waals surface area contributed by atoms with Crippen LogP contribution in [0.5, 0.6) is 5.75 Å². The maximum absolute atomic E-state index is 5.89. The highest BCUT2D eigenvalue weighted by Gasteiger charge is 2.04. The standard InChI is InChI=1S/C16H27NO2/c1-13(2)7-9-19-16-6-5-14(3)11-15(16)12-17-8-10-18-4/h5-6,11,13,17H,7-10,12H2,1-4H3. The Balaban J connectivity index is 2.53. The summed E-state index contributed by atoms with van der Waals surface area (Å²) >= 11 is 0. The van der Waals surface area contributed by atoms with Crippen molar-refractivity contribution >= 4 is 0 Å². The van der Waals surface area contributed by atoms with Gasteiger partial charge in [-0.1, -0.05) is 31.5 Å². The first kappa shape index (κ1) is 16.0. The molecule has 108 valence electrons. The van der Waals surface area contributed by atoms with Gasteiger partial charge in [-0.3, -0.25) is 0 Å². The zero-order chi connectivity index (χ0) is 14.1. The second-order valence-electron chi connectivity index (χ2n) is 5.31. The molecule has 19 heavy (non-hydrogen) atoms. The molecule has 0 aromatic heterocycles. The van der Waals surface area contributed by atoms with E-state index in [4.69, 9.17) is 9.47 Å². The third kappa shape index (κ3) is 6.60. The SMILES string of the molecule is COCCNCc1cc(C)ccc1OCCC(C)C. The monoisotopic (exact) mass is 265 g/mol. The first-order valence-electron chi connectivity index (χ1n) is 7.05. The molecule has 0 saturated heterocycles. The van der Waals surface area contributed by atoms with Gasteiger partial charge in [0, 0.05) is 25.8 Å². The van der Waals surface area contributed by atoms with Crippen LogP contribution >= 0.6 is 0 Å². The second-order valence-corrected chi connectivity index (χ2v) is 5.31. The highest BCUT2D eigenvalue weighted by atomic mass is 16.5. The Hall–Kier alpha value is -1.06. The van der Waals surface area contributed by atoms with Gasteiger partial charge in [-0.05, 0) is 25.3 Å². The molecule has 0 aliphatic rings. The molecular formula is C16H27NO2. The van der Waals surface area contributed by atoms with Crippen molar-refractivity contribution in [2.45, 2.75) is 33.7 Å². The molecule has 0 bridgehead atoms. The van der Waals surface area contributed by atoms with E-state index in [-0.39, 0.29) is 0 Å². The van der Waals surface area contributed by atoms with Crippen molar-refractivity contribution in [2.24, 2.45) is 5.92 Å². The number of nitrogens with one attached hydrogen (secondary N) is 1. The van der Waals surface area contributed by atoms with Gasteiger partial charge in [0.15, 0.2) is 0 Å². The minimum Gasteiger partial charge on any atom is -0.493 e. The molecule has 0 atom stereocenters. The average Bonchev–Trinajstić information content (AvgIpc) is 2.36. The highest BCUT2D eigenvalue weighted by molar-refractivity contribution is 5.36. The van der Waals surface area contributed by atoms with Crippen LogP contribution < -0.4 is 10.1 Å².